The molecule has 0 atom stereocenters. The Morgan fingerprint density at radius 3 is 2.75 bits per heavy atom. The van der Waals surface area contributed by atoms with E-state index in [0.29, 0.717) is 16.9 Å². The van der Waals surface area contributed by atoms with Crippen molar-refractivity contribution in [2.24, 2.45) is 0 Å². The molecular formula is C10H8NO. The van der Waals surface area contributed by atoms with E-state index in [-0.39, 0.29) is 0 Å². The number of rotatable bonds is 2. The molecule has 0 saturated heterocycles. The first kappa shape index (κ1) is 8.35. The van der Waals surface area contributed by atoms with E-state index in [2.05, 4.69) is 12.7 Å². The van der Waals surface area contributed by atoms with Gasteiger partial charge < -0.3 is 4.74 Å². The van der Waals surface area contributed by atoms with Gasteiger partial charge in [0.15, 0.2) is 0 Å². The Bertz CT molecular complexity index is 336. The molecule has 0 aromatic heterocycles. The fourth-order valence-corrected chi connectivity index (χ4v) is 0.964. The fraction of sp³-hybridized carbons (Fsp3) is 0.100. The molecule has 0 aliphatic rings. The number of nitriles is 1. The van der Waals surface area contributed by atoms with Crippen molar-refractivity contribution in [2.45, 2.75) is 0 Å². The van der Waals surface area contributed by atoms with Crippen LogP contribution in [0.3, 0.4) is 0 Å². The Labute approximate surface area is 71.7 Å². The third kappa shape index (κ3) is 1.30. The lowest BCUT2D eigenvalue weighted by atomic mass is 10.1. The molecule has 12 heavy (non-hydrogen) atoms. The smallest absolute Gasteiger partial charge is 0.137 e. The Kier molecular flexibility index (Phi) is 2.49. The summed E-state index contributed by atoms with van der Waals surface area (Å²) in [7, 11) is 1.53. The summed E-state index contributed by atoms with van der Waals surface area (Å²) >= 11 is 0. The number of benzene rings is 1. The van der Waals surface area contributed by atoms with E-state index >= 15 is 0 Å². The van der Waals surface area contributed by atoms with Gasteiger partial charge in [-0.2, -0.15) is 5.26 Å². The van der Waals surface area contributed by atoms with Crippen molar-refractivity contribution in [2.75, 3.05) is 7.11 Å². The van der Waals surface area contributed by atoms with Crippen LogP contribution in [0.25, 0.3) is 0 Å². The lowest BCUT2D eigenvalue weighted by molar-refractivity contribution is 0.413. The first-order valence-electron chi connectivity index (χ1n) is 3.43. The normalized spacial score (nSPS) is 8.67. The Hall–Kier alpha value is -1.75. The minimum Gasteiger partial charge on any atom is -0.495 e. The number of hydrogen-bond donors (Lipinski definition) is 0. The van der Waals surface area contributed by atoms with Crippen LogP contribution in [-0.4, -0.2) is 7.11 Å². The molecule has 0 fully saturated rings. The highest BCUT2D eigenvalue weighted by molar-refractivity contribution is 5.50. The van der Waals surface area contributed by atoms with Crippen molar-refractivity contribution in [3.63, 3.8) is 0 Å². The van der Waals surface area contributed by atoms with Gasteiger partial charge in [-0.1, -0.05) is 18.7 Å². The van der Waals surface area contributed by atoms with Crippen LogP contribution in [-0.2, 0) is 0 Å². The largest absolute Gasteiger partial charge is 0.495 e. The van der Waals surface area contributed by atoms with Crippen molar-refractivity contribution in [1.82, 2.24) is 0 Å². The van der Waals surface area contributed by atoms with Gasteiger partial charge in [0.05, 0.1) is 7.11 Å². The molecule has 2 heteroatoms. The zero-order valence-corrected chi connectivity index (χ0v) is 6.79. The van der Waals surface area contributed by atoms with E-state index in [1.807, 2.05) is 6.07 Å². The summed E-state index contributed by atoms with van der Waals surface area (Å²) in [6.45, 7) is 3.48. The molecule has 1 aromatic rings. The molecule has 0 N–H and O–H groups in total. The molecule has 0 unspecified atom stereocenters. The van der Waals surface area contributed by atoms with Crippen LogP contribution in [0, 0.1) is 17.4 Å². The van der Waals surface area contributed by atoms with E-state index < -0.39 is 0 Å². The third-order valence-electron chi connectivity index (χ3n) is 1.55. The molecule has 0 spiro atoms. The molecule has 0 aliphatic heterocycles. The molecule has 1 rings (SSSR count). The zero-order chi connectivity index (χ0) is 8.97. The number of hydrogen-bond acceptors (Lipinski definition) is 2. The molecule has 1 radical (unpaired) electrons. The summed E-state index contributed by atoms with van der Waals surface area (Å²) in [5, 5.41) is 8.76. The second kappa shape index (κ2) is 3.59. The summed E-state index contributed by atoms with van der Waals surface area (Å²) in [5.41, 5.74) is 1.16. The first-order chi connectivity index (χ1) is 5.83. The summed E-state index contributed by atoms with van der Waals surface area (Å²) in [6, 6.07) is 7.34. The third-order valence-corrected chi connectivity index (χ3v) is 1.55. The molecule has 1 aromatic carbocycles. The first-order valence-corrected chi connectivity index (χ1v) is 3.43. The summed E-state index contributed by atoms with van der Waals surface area (Å²) in [6.07, 6.45) is 2.67. The van der Waals surface area contributed by atoms with Crippen LogP contribution < -0.4 is 4.74 Å². The van der Waals surface area contributed by atoms with E-state index in [9.17, 15) is 0 Å². The maximum Gasteiger partial charge on any atom is 0.137 e. The number of nitrogens with zero attached hydrogens (tertiary/aromatic N) is 1. The monoisotopic (exact) mass is 158 g/mol. The van der Waals surface area contributed by atoms with Crippen LogP contribution in [0.1, 0.15) is 11.1 Å². The Morgan fingerprint density at radius 1 is 1.50 bits per heavy atom. The second-order valence-corrected chi connectivity index (χ2v) is 2.17. The zero-order valence-electron chi connectivity index (χ0n) is 6.79. The van der Waals surface area contributed by atoms with Gasteiger partial charge in [0, 0.05) is 5.56 Å². The molecule has 0 heterocycles. The quantitative estimate of drug-likeness (QED) is 0.658. The van der Waals surface area contributed by atoms with Gasteiger partial charge in [0.2, 0.25) is 0 Å². The topological polar surface area (TPSA) is 33.0 Å². The molecule has 0 amide bonds. The average molecular weight is 158 g/mol. The fourth-order valence-electron chi connectivity index (χ4n) is 0.964. The van der Waals surface area contributed by atoms with Crippen LogP contribution in [0.15, 0.2) is 24.8 Å². The van der Waals surface area contributed by atoms with E-state index in [0.717, 1.165) is 0 Å². The van der Waals surface area contributed by atoms with E-state index in [4.69, 9.17) is 10.00 Å². The number of ether oxygens (including phenoxy) is 1. The van der Waals surface area contributed by atoms with Gasteiger partial charge in [-0.3, -0.25) is 0 Å². The predicted molar refractivity (Wildman–Crippen MR) is 45.7 cm³/mol. The Morgan fingerprint density at radius 2 is 2.25 bits per heavy atom. The van der Waals surface area contributed by atoms with Crippen molar-refractivity contribution in [3.8, 4) is 11.8 Å². The van der Waals surface area contributed by atoms with Crippen LogP contribution >= 0.6 is 0 Å². The van der Waals surface area contributed by atoms with E-state index in [1.54, 1.807) is 18.2 Å². The van der Waals surface area contributed by atoms with Gasteiger partial charge in [-0.15, -0.1) is 0 Å². The highest BCUT2D eigenvalue weighted by Crippen LogP contribution is 2.20. The van der Waals surface area contributed by atoms with E-state index in [1.165, 1.54) is 7.11 Å². The van der Waals surface area contributed by atoms with Crippen LogP contribution in [0.4, 0.5) is 0 Å². The van der Waals surface area contributed by atoms with Crippen molar-refractivity contribution >= 4 is 0 Å². The lowest BCUT2D eigenvalue weighted by Gasteiger charge is -2.03. The van der Waals surface area contributed by atoms with Crippen LogP contribution in [0.5, 0.6) is 5.75 Å². The second-order valence-electron chi connectivity index (χ2n) is 2.17. The standard InChI is InChI=1S/C10H8NO/c1-3-8-5-4-6-10(12-2)9(8)7-11/h4-6H,1H2,2H3. The molecular weight excluding hydrogens is 150 g/mol. The predicted octanol–water partition coefficient (Wildman–Crippen LogP) is 1.90. The van der Waals surface area contributed by atoms with Crippen LogP contribution in [0.2, 0.25) is 0 Å². The maximum absolute atomic E-state index is 8.76. The van der Waals surface area contributed by atoms with Gasteiger partial charge in [-0.05, 0) is 12.1 Å². The van der Waals surface area contributed by atoms with Crippen molar-refractivity contribution in [1.29, 1.82) is 5.26 Å². The molecule has 59 valence electrons. The minimum atomic E-state index is 0.481. The maximum atomic E-state index is 8.76. The van der Waals surface area contributed by atoms with Gasteiger partial charge in [0.25, 0.3) is 0 Å². The molecule has 0 bridgehead atoms. The van der Waals surface area contributed by atoms with Gasteiger partial charge in [-0.25, -0.2) is 0 Å². The Balaban J connectivity index is 3.34. The summed E-state index contributed by atoms with van der Waals surface area (Å²) < 4.78 is 4.99. The molecule has 0 aliphatic carbocycles. The lowest BCUT2D eigenvalue weighted by Crippen LogP contribution is -1.90. The average Bonchev–Trinajstić information content (AvgIpc) is 2.16. The van der Waals surface area contributed by atoms with Crippen molar-refractivity contribution < 1.29 is 4.74 Å². The summed E-state index contributed by atoms with van der Waals surface area (Å²) in [5.74, 6) is 0.561. The number of methoxy groups -OCH3 is 1. The molecule has 2 nitrogen and oxygen atoms in total. The molecule has 0 saturated carbocycles. The van der Waals surface area contributed by atoms with Gasteiger partial charge >= 0.3 is 0 Å². The SMILES string of the molecule is C=[C]c1cccc(OC)c1C#N. The van der Waals surface area contributed by atoms with Gasteiger partial charge in [0.1, 0.15) is 17.4 Å². The van der Waals surface area contributed by atoms with Crippen molar-refractivity contribution in [3.05, 3.63) is 42.0 Å². The highest BCUT2D eigenvalue weighted by atomic mass is 16.5. The highest BCUT2D eigenvalue weighted by Gasteiger charge is 2.04. The minimum absolute atomic E-state index is 0.481. The summed E-state index contributed by atoms with van der Waals surface area (Å²) in [4.78, 5) is 0.